The molecule has 1 aliphatic rings. The fourth-order valence-electron chi connectivity index (χ4n) is 3.26. The molecule has 1 aromatic carbocycles. The number of hydrogen-bond acceptors (Lipinski definition) is 4. The summed E-state index contributed by atoms with van der Waals surface area (Å²) in [6.07, 6.45) is 5.89. The first-order valence-corrected chi connectivity index (χ1v) is 9.51. The van der Waals surface area contributed by atoms with Gasteiger partial charge in [-0.3, -0.25) is 14.6 Å². The number of hydrogen-bond donors (Lipinski definition) is 1. The predicted octanol–water partition coefficient (Wildman–Crippen LogP) is 4.45. The molecule has 0 aliphatic heterocycles. The highest BCUT2D eigenvalue weighted by Crippen LogP contribution is 2.34. The molecule has 0 bridgehead atoms. The Morgan fingerprint density at radius 2 is 1.72 bits per heavy atom. The molecular weight excluding hydrogens is 334 g/mol. The lowest BCUT2D eigenvalue weighted by molar-refractivity contribution is -0.143. The van der Waals surface area contributed by atoms with Crippen LogP contribution in [0.25, 0.3) is 0 Å². The zero-order valence-corrected chi connectivity index (χ0v) is 14.7. The summed E-state index contributed by atoms with van der Waals surface area (Å²) in [6.45, 7) is 0. The lowest BCUT2D eigenvalue weighted by Gasteiger charge is -2.25. The first-order chi connectivity index (χ1) is 12.1. The van der Waals surface area contributed by atoms with Gasteiger partial charge in [0, 0.05) is 34.5 Å². The van der Waals surface area contributed by atoms with Crippen LogP contribution in [0.5, 0.6) is 0 Å². The van der Waals surface area contributed by atoms with E-state index >= 15 is 0 Å². The zero-order chi connectivity index (χ0) is 17.6. The summed E-state index contributed by atoms with van der Waals surface area (Å²) in [4.78, 5) is 29.1. The van der Waals surface area contributed by atoms with Crippen molar-refractivity contribution in [3.05, 3.63) is 59.9 Å². The molecule has 0 unspecified atom stereocenters. The van der Waals surface area contributed by atoms with Crippen LogP contribution in [-0.2, 0) is 10.5 Å². The molecule has 3 rings (SSSR count). The third-order valence-corrected chi connectivity index (χ3v) is 5.85. The third-order valence-electron chi connectivity index (χ3n) is 4.73. The van der Waals surface area contributed by atoms with E-state index in [0.717, 1.165) is 16.2 Å². The summed E-state index contributed by atoms with van der Waals surface area (Å²) in [7, 11) is 0. The van der Waals surface area contributed by atoms with E-state index in [4.69, 9.17) is 5.11 Å². The number of carbonyl (C=O) groups excluding carboxylic acids is 1. The fraction of sp³-hybridized carbons (Fsp3) is 0.350. The van der Waals surface area contributed by atoms with Gasteiger partial charge in [-0.05, 0) is 37.3 Å². The van der Waals surface area contributed by atoms with E-state index < -0.39 is 5.97 Å². The Balaban J connectivity index is 1.68. The Morgan fingerprint density at radius 1 is 1.04 bits per heavy atom. The third kappa shape index (κ3) is 4.48. The van der Waals surface area contributed by atoms with Crippen molar-refractivity contribution >= 4 is 23.5 Å². The summed E-state index contributed by atoms with van der Waals surface area (Å²) in [6, 6.07) is 11.9. The topological polar surface area (TPSA) is 67.3 Å². The summed E-state index contributed by atoms with van der Waals surface area (Å²) in [5, 5.41) is 9.11. The van der Waals surface area contributed by atoms with Crippen molar-refractivity contribution < 1.29 is 14.7 Å². The number of benzene rings is 1. The molecule has 1 aliphatic carbocycles. The number of nitrogens with zero attached hydrogens (tertiary/aromatic N) is 1. The Bertz CT molecular complexity index is 740. The lowest BCUT2D eigenvalue weighted by atomic mass is 9.79. The number of aromatic nitrogens is 1. The second kappa shape index (κ2) is 8.30. The number of ketones is 1. The maximum atomic E-state index is 12.9. The molecule has 0 atom stereocenters. The molecule has 0 radical (unpaired) electrons. The maximum Gasteiger partial charge on any atom is 0.306 e. The van der Waals surface area contributed by atoms with Crippen molar-refractivity contribution in [2.75, 3.05) is 0 Å². The Kier molecular flexibility index (Phi) is 5.87. The van der Waals surface area contributed by atoms with Gasteiger partial charge in [-0.1, -0.05) is 30.3 Å². The number of carbonyl (C=O) groups is 2. The van der Waals surface area contributed by atoms with Crippen molar-refractivity contribution in [2.45, 2.75) is 36.3 Å². The minimum absolute atomic E-state index is 0.0749. The van der Waals surface area contributed by atoms with Gasteiger partial charge >= 0.3 is 5.97 Å². The number of carboxylic acid groups (broad SMARTS) is 1. The van der Waals surface area contributed by atoms with E-state index in [1.54, 1.807) is 30.2 Å². The molecule has 5 heteroatoms. The Labute approximate surface area is 151 Å². The summed E-state index contributed by atoms with van der Waals surface area (Å²) >= 11 is 1.62. The molecule has 0 saturated heterocycles. The van der Waals surface area contributed by atoms with Gasteiger partial charge in [0.25, 0.3) is 0 Å². The summed E-state index contributed by atoms with van der Waals surface area (Å²) < 4.78 is 0. The SMILES string of the molecule is O=C(O)[C@H]1CC[C@H](C(=O)c2ccncc2SCc2ccccc2)CC1. The average molecular weight is 355 g/mol. The van der Waals surface area contributed by atoms with Crippen LogP contribution in [0, 0.1) is 11.8 Å². The maximum absolute atomic E-state index is 12.9. The first-order valence-electron chi connectivity index (χ1n) is 8.53. The van der Waals surface area contributed by atoms with Gasteiger partial charge in [-0.25, -0.2) is 0 Å². The van der Waals surface area contributed by atoms with Gasteiger partial charge in [0.1, 0.15) is 0 Å². The van der Waals surface area contributed by atoms with E-state index in [1.807, 2.05) is 18.2 Å². The molecule has 1 N–H and O–H groups in total. The van der Waals surface area contributed by atoms with Crippen LogP contribution in [0.2, 0.25) is 0 Å². The highest BCUT2D eigenvalue weighted by atomic mass is 32.2. The van der Waals surface area contributed by atoms with E-state index in [9.17, 15) is 9.59 Å². The van der Waals surface area contributed by atoms with E-state index in [-0.39, 0.29) is 17.6 Å². The number of carboxylic acids is 1. The predicted molar refractivity (Wildman–Crippen MR) is 97.7 cm³/mol. The molecule has 1 saturated carbocycles. The van der Waals surface area contributed by atoms with Gasteiger partial charge in [0.15, 0.2) is 5.78 Å². The van der Waals surface area contributed by atoms with Gasteiger partial charge < -0.3 is 5.11 Å². The van der Waals surface area contributed by atoms with Crippen molar-refractivity contribution in [3.8, 4) is 0 Å². The first kappa shape index (κ1) is 17.7. The quantitative estimate of drug-likeness (QED) is 0.612. The molecule has 1 fully saturated rings. The molecule has 0 amide bonds. The summed E-state index contributed by atoms with van der Waals surface area (Å²) in [5.74, 6) is -0.198. The standard InChI is InChI=1S/C20H21NO3S/c22-19(15-6-8-16(9-7-15)20(23)24)17-10-11-21-12-18(17)25-13-14-4-2-1-3-5-14/h1-5,10-12,15-16H,6-9,13H2,(H,23,24)/t15-,16-. The Morgan fingerprint density at radius 3 is 2.40 bits per heavy atom. The molecule has 2 aromatic rings. The van der Waals surface area contributed by atoms with E-state index in [1.165, 1.54) is 5.56 Å². The van der Waals surface area contributed by atoms with Crippen LogP contribution in [0.15, 0.2) is 53.7 Å². The van der Waals surface area contributed by atoms with E-state index in [0.29, 0.717) is 25.7 Å². The minimum Gasteiger partial charge on any atom is -0.481 e. The fourth-order valence-corrected chi connectivity index (χ4v) is 4.23. The summed E-state index contributed by atoms with van der Waals surface area (Å²) in [5.41, 5.74) is 1.92. The number of thioether (sulfide) groups is 1. The Hall–Kier alpha value is -2.14. The number of rotatable bonds is 6. The molecule has 1 heterocycles. The molecule has 1 aromatic heterocycles. The van der Waals surface area contributed by atoms with Crippen molar-refractivity contribution in [1.29, 1.82) is 0 Å². The second-order valence-corrected chi connectivity index (χ2v) is 7.41. The monoisotopic (exact) mass is 355 g/mol. The van der Waals surface area contributed by atoms with Crippen LogP contribution < -0.4 is 0 Å². The van der Waals surface area contributed by atoms with Crippen LogP contribution in [-0.4, -0.2) is 21.8 Å². The molecule has 0 spiro atoms. The largest absolute Gasteiger partial charge is 0.481 e. The van der Waals surface area contributed by atoms with Crippen molar-refractivity contribution in [2.24, 2.45) is 11.8 Å². The number of Topliss-reactive ketones (excluding diaryl/α,β-unsaturated/α-hetero) is 1. The van der Waals surface area contributed by atoms with Crippen LogP contribution in [0.3, 0.4) is 0 Å². The van der Waals surface area contributed by atoms with Crippen LogP contribution >= 0.6 is 11.8 Å². The van der Waals surface area contributed by atoms with Gasteiger partial charge in [0.05, 0.1) is 5.92 Å². The molecule has 25 heavy (non-hydrogen) atoms. The van der Waals surface area contributed by atoms with Gasteiger partial charge in [0.2, 0.25) is 0 Å². The van der Waals surface area contributed by atoms with Crippen LogP contribution in [0.1, 0.15) is 41.6 Å². The van der Waals surface area contributed by atoms with Gasteiger partial charge in [-0.2, -0.15) is 0 Å². The van der Waals surface area contributed by atoms with Crippen LogP contribution in [0.4, 0.5) is 0 Å². The number of aliphatic carboxylic acids is 1. The highest BCUT2D eigenvalue weighted by molar-refractivity contribution is 7.98. The molecular formula is C20H21NO3S. The average Bonchev–Trinajstić information content (AvgIpc) is 2.67. The smallest absolute Gasteiger partial charge is 0.306 e. The number of pyridine rings is 1. The normalized spacial score (nSPS) is 20.2. The van der Waals surface area contributed by atoms with Gasteiger partial charge in [-0.15, -0.1) is 11.8 Å². The second-order valence-electron chi connectivity index (χ2n) is 6.40. The lowest BCUT2D eigenvalue weighted by Crippen LogP contribution is -2.26. The molecule has 130 valence electrons. The van der Waals surface area contributed by atoms with Crippen molar-refractivity contribution in [3.63, 3.8) is 0 Å². The highest BCUT2D eigenvalue weighted by Gasteiger charge is 2.31. The molecule has 4 nitrogen and oxygen atoms in total. The minimum atomic E-state index is -0.742. The van der Waals surface area contributed by atoms with Crippen molar-refractivity contribution in [1.82, 2.24) is 4.98 Å². The zero-order valence-electron chi connectivity index (χ0n) is 13.9. The van der Waals surface area contributed by atoms with E-state index in [2.05, 4.69) is 17.1 Å².